The Morgan fingerprint density at radius 3 is 2.80 bits per heavy atom. The summed E-state index contributed by atoms with van der Waals surface area (Å²) in [6, 6.07) is 8.54. The SMILES string of the molecule is CB1C=Cc2ccccc21. The second-order valence-corrected chi connectivity index (χ2v) is 2.78. The van der Waals surface area contributed by atoms with Gasteiger partial charge in [-0.05, 0) is 5.56 Å². The van der Waals surface area contributed by atoms with E-state index in [9.17, 15) is 0 Å². The summed E-state index contributed by atoms with van der Waals surface area (Å²) in [6.45, 7) is 2.85. The normalized spacial score (nSPS) is 13.9. The second-order valence-electron chi connectivity index (χ2n) is 2.78. The van der Waals surface area contributed by atoms with Gasteiger partial charge in [0, 0.05) is 0 Å². The van der Waals surface area contributed by atoms with Crippen molar-refractivity contribution in [1.82, 2.24) is 0 Å². The monoisotopic (exact) mass is 128 g/mol. The van der Waals surface area contributed by atoms with Gasteiger partial charge >= 0.3 is 0 Å². The molecule has 0 aliphatic carbocycles. The average molecular weight is 128 g/mol. The van der Waals surface area contributed by atoms with Gasteiger partial charge in [0.2, 0.25) is 0 Å². The van der Waals surface area contributed by atoms with E-state index in [-0.39, 0.29) is 0 Å². The molecule has 0 saturated carbocycles. The molecule has 0 radical (unpaired) electrons. The largest absolute Gasteiger partial charge is 0.198 e. The maximum Gasteiger partial charge on any atom is 0.198 e. The lowest BCUT2D eigenvalue weighted by atomic mass is 9.49. The molecule has 0 amide bonds. The molecule has 1 aromatic carbocycles. The summed E-state index contributed by atoms with van der Waals surface area (Å²) >= 11 is 0. The third kappa shape index (κ3) is 0.705. The summed E-state index contributed by atoms with van der Waals surface area (Å²) in [7, 11) is 0. The third-order valence-electron chi connectivity index (χ3n) is 2.05. The molecule has 0 saturated heterocycles. The fourth-order valence-electron chi connectivity index (χ4n) is 1.43. The topological polar surface area (TPSA) is 0 Å². The van der Waals surface area contributed by atoms with E-state index in [2.05, 4.69) is 43.1 Å². The van der Waals surface area contributed by atoms with E-state index in [0.29, 0.717) is 6.71 Å². The van der Waals surface area contributed by atoms with E-state index in [0.717, 1.165) is 0 Å². The minimum absolute atomic E-state index is 0.621. The summed E-state index contributed by atoms with van der Waals surface area (Å²) in [5, 5.41) is 0. The van der Waals surface area contributed by atoms with E-state index in [1.165, 1.54) is 11.0 Å². The van der Waals surface area contributed by atoms with Gasteiger partial charge in [0.25, 0.3) is 0 Å². The van der Waals surface area contributed by atoms with Gasteiger partial charge in [-0.1, -0.05) is 42.6 Å². The minimum atomic E-state index is 0.621. The van der Waals surface area contributed by atoms with Crippen molar-refractivity contribution in [3.05, 3.63) is 35.8 Å². The molecule has 0 N–H and O–H groups in total. The maximum absolute atomic E-state index is 2.24. The zero-order valence-electron chi connectivity index (χ0n) is 6.04. The van der Waals surface area contributed by atoms with Crippen molar-refractivity contribution in [1.29, 1.82) is 0 Å². The summed E-state index contributed by atoms with van der Waals surface area (Å²) in [6.07, 6.45) is 2.19. The molecule has 0 atom stereocenters. The predicted molar refractivity (Wildman–Crippen MR) is 46.7 cm³/mol. The highest BCUT2D eigenvalue weighted by Gasteiger charge is 2.13. The van der Waals surface area contributed by atoms with Crippen molar-refractivity contribution in [3.8, 4) is 0 Å². The first-order valence-electron chi connectivity index (χ1n) is 3.65. The van der Waals surface area contributed by atoms with Crippen LogP contribution in [0.4, 0.5) is 0 Å². The van der Waals surface area contributed by atoms with Crippen molar-refractivity contribution < 1.29 is 0 Å². The van der Waals surface area contributed by atoms with Crippen LogP contribution < -0.4 is 5.46 Å². The maximum atomic E-state index is 2.24. The van der Waals surface area contributed by atoms with Crippen LogP contribution >= 0.6 is 0 Å². The van der Waals surface area contributed by atoms with Crippen LogP contribution in [-0.4, -0.2) is 6.71 Å². The fraction of sp³-hybridized carbons (Fsp3) is 0.111. The lowest BCUT2D eigenvalue weighted by Gasteiger charge is -1.98. The van der Waals surface area contributed by atoms with Gasteiger partial charge < -0.3 is 0 Å². The van der Waals surface area contributed by atoms with Gasteiger partial charge in [-0.15, -0.1) is 5.98 Å². The van der Waals surface area contributed by atoms with Crippen LogP contribution in [0.25, 0.3) is 6.08 Å². The van der Waals surface area contributed by atoms with Crippen LogP contribution in [0.3, 0.4) is 0 Å². The van der Waals surface area contributed by atoms with Crippen molar-refractivity contribution in [3.63, 3.8) is 0 Å². The molecule has 0 bridgehead atoms. The number of hydrogen-bond donors (Lipinski definition) is 0. The van der Waals surface area contributed by atoms with E-state index in [1.807, 2.05) is 0 Å². The quantitative estimate of drug-likeness (QED) is 0.465. The average Bonchev–Trinajstić information content (AvgIpc) is 2.34. The molecule has 0 nitrogen and oxygen atoms in total. The summed E-state index contributed by atoms with van der Waals surface area (Å²) in [5.41, 5.74) is 2.84. The van der Waals surface area contributed by atoms with E-state index in [4.69, 9.17) is 0 Å². The highest BCUT2D eigenvalue weighted by molar-refractivity contribution is 6.79. The number of benzene rings is 1. The first kappa shape index (κ1) is 5.78. The highest BCUT2D eigenvalue weighted by atomic mass is 14.0. The molecule has 1 heteroatoms. The van der Waals surface area contributed by atoms with Gasteiger partial charge in [-0.2, -0.15) is 0 Å². The Kier molecular flexibility index (Phi) is 1.16. The first-order valence-corrected chi connectivity index (χ1v) is 3.65. The molecule has 1 aliphatic heterocycles. The zero-order valence-corrected chi connectivity index (χ0v) is 6.04. The Morgan fingerprint density at radius 1 is 1.20 bits per heavy atom. The molecule has 0 fully saturated rings. The van der Waals surface area contributed by atoms with Gasteiger partial charge in [0.05, 0.1) is 0 Å². The molecular weight excluding hydrogens is 119 g/mol. The highest BCUT2D eigenvalue weighted by Crippen LogP contribution is 2.08. The molecule has 2 rings (SSSR count). The zero-order chi connectivity index (χ0) is 6.97. The lowest BCUT2D eigenvalue weighted by molar-refractivity contribution is 1.73. The van der Waals surface area contributed by atoms with Gasteiger partial charge in [-0.3, -0.25) is 0 Å². The Hall–Kier alpha value is -0.975. The molecule has 0 aromatic heterocycles. The Balaban J connectivity index is 2.59. The number of rotatable bonds is 0. The summed E-state index contributed by atoms with van der Waals surface area (Å²) in [5.74, 6) is 2.24. The van der Waals surface area contributed by atoms with Crippen LogP contribution in [0.5, 0.6) is 0 Å². The van der Waals surface area contributed by atoms with Crippen LogP contribution in [0.15, 0.2) is 30.2 Å². The molecule has 0 spiro atoms. The van der Waals surface area contributed by atoms with Gasteiger partial charge in [0.1, 0.15) is 0 Å². The van der Waals surface area contributed by atoms with Crippen LogP contribution in [0.2, 0.25) is 6.82 Å². The van der Waals surface area contributed by atoms with Crippen molar-refractivity contribution in [2.45, 2.75) is 6.82 Å². The molecular formula is C9H9B. The third-order valence-corrected chi connectivity index (χ3v) is 2.05. The Bertz CT molecular complexity index is 276. The second kappa shape index (κ2) is 2.01. The molecule has 10 heavy (non-hydrogen) atoms. The molecule has 1 aromatic rings. The van der Waals surface area contributed by atoms with Gasteiger partial charge in [0.15, 0.2) is 6.71 Å². The minimum Gasteiger partial charge on any atom is -0.110 e. The predicted octanol–water partition coefficient (Wildman–Crippen LogP) is 1.58. The van der Waals surface area contributed by atoms with E-state index < -0.39 is 0 Å². The summed E-state index contributed by atoms with van der Waals surface area (Å²) < 4.78 is 0. The Morgan fingerprint density at radius 2 is 2.00 bits per heavy atom. The number of fused-ring (bicyclic) bond motifs is 1. The Labute approximate surface area is 61.7 Å². The smallest absolute Gasteiger partial charge is 0.110 e. The first-order chi connectivity index (χ1) is 4.88. The van der Waals surface area contributed by atoms with Gasteiger partial charge in [-0.25, -0.2) is 0 Å². The number of hydrogen-bond acceptors (Lipinski definition) is 0. The van der Waals surface area contributed by atoms with Crippen LogP contribution in [0, 0.1) is 0 Å². The van der Waals surface area contributed by atoms with Crippen LogP contribution in [0.1, 0.15) is 5.56 Å². The van der Waals surface area contributed by atoms with Crippen molar-refractivity contribution in [2.75, 3.05) is 0 Å². The van der Waals surface area contributed by atoms with E-state index >= 15 is 0 Å². The van der Waals surface area contributed by atoms with E-state index in [1.54, 1.807) is 0 Å². The van der Waals surface area contributed by atoms with Crippen LogP contribution in [-0.2, 0) is 0 Å². The van der Waals surface area contributed by atoms with Crippen molar-refractivity contribution in [2.24, 2.45) is 0 Å². The van der Waals surface area contributed by atoms with Crippen molar-refractivity contribution >= 4 is 18.3 Å². The molecule has 1 heterocycles. The standard InChI is InChI=1S/C9H9B/c1-10-7-6-8-4-2-3-5-9(8)10/h2-7H,1H3. The molecule has 48 valence electrons. The lowest BCUT2D eigenvalue weighted by Crippen LogP contribution is -2.22. The summed E-state index contributed by atoms with van der Waals surface area (Å²) in [4.78, 5) is 0. The molecule has 1 aliphatic rings. The fourth-order valence-corrected chi connectivity index (χ4v) is 1.43. The molecule has 0 unspecified atom stereocenters.